The Bertz CT molecular complexity index is 359. The molecule has 0 spiro atoms. The lowest BCUT2D eigenvalue weighted by molar-refractivity contribution is -0.152. The van der Waals surface area contributed by atoms with Crippen molar-refractivity contribution < 1.29 is 24.2 Å². The SMILES string of the molecule is COC1CC(C(=O)O)N(C(=O)C2CCOC(C)C2)C1. The molecule has 0 radical (unpaired) electrons. The summed E-state index contributed by atoms with van der Waals surface area (Å²) >= 11 is 0. The van der Waals surface area contributed by atoms with E-state index in [2.05, 4.69) is 0 Å². The Morgan fingerprint density at radius 1 is 1.37 bits per heavy atom. The van der Waals surface area contributed by atoms with Gasteiger partial charge in [0.25, 0.3) is 0 Å². The van der Waals surface area contributed by atoms with Crippen molar-refractivity contribution in [1.29, 1.82) is 0 Å². The second-order valence-electron chi connectivity index (χ2n) is 5.34. The summed E-state index contributed by atoms with van der Waals surface area (Å²) in [6.45, 7) is 2.88. The van der Waals surface area contributed by atoms with E-state index < -0.39 is 12.0 Å². The van der Waals surface area contributed by atoms with Crippen LogP contribution < -0.4 is 0 Å². The highest BCUT2D eigenvalue weighted by Gasteiger charge is 2.42. The van der Waals surface area contributed by atoms with Gasteiger partial charge in [0, 0.05) is 32.6 Å². The van der Waals surface area contributed by atoms with Gasteiger partial charge in [0.05, 0.1) is 12.2 Å². The van der Waals surface area contributed by atoms with E-state index in [0.717, 1.165) is 0 Å². The van der Waals surface area contributed by atoms with Gasteiger partial charge in [0.15, 0.2) is 0 Å². The number of likely N-dealkylation sites (tertiary alicyclic amines) is 1. The van der Waals surface area contributed by atoms with Crippen LogP contribution in [0.2, 0.25) is 0 Å². The normalized spacial score (nSPS) is 35.4. The Morgan fingerprint density at radius 2 is 2.11 bits per heavy atom. The first kappa shape index (κ1) is 14.3. The van der Waals surface area contributed by atoms with Crippen LogP contribution in [-0.4, -0.2) is 60.4 Å². The molecular formula is C13H21NO5. The summed E-state index contributed by atoms with van der Waals surface area (Å²) in [5.41, 5.74) is 0. The van der Waals surface area contributed by atoms with Crippen molar-refractivity contribution in [3.63, 3.8) is 0 Å². The van der Waals surface area contributed by atoms with Crippen LogP contribution in [0.15, 0.2) is 0 Å². The predicted octanol–water partition coefficient (Wildman–Crippen LogP) is 0.502. The fourth-order valence-electron chi connectivity index (χ4n) is 2.90. The zero-order valence-corrected chi connectivity index (χ0v) is 11.4. The Labute approximate surface area is 112 Å². The molecule has 0 bridgehead atoms. The number of amides is 1. The van der Waals surface area contributed by atoms with E-state index in [-0.39, 0.29) is 24.0 Å². The standard InChI is InChI=1S/C13H21NO5/c1-8-5-9(3-4-19-8)12(15)14-7-10(18-2)6-11(14)13(16)17/h8-11H,3-7H2,1-2H3,(H,16,17). The lowest BCUT2D eigenvalue weighted by Gasteiger charge is -2.31. The third kappa shape index (κ3) is 3.06. The maximum absolute atomic E-state index is 12.5. The van der Waals surface area contributed by atoms with Crippen molar-refractivity contribution in [2.45, 2.75) is 44.4 Å². The Kier molecular flexibility index (Phi) is 4.42. The largest absolute Gasteiger partial charge is 0.480 e. The second-order valence-corrected chi connectivity index (χ2v) is 5.34. The van der Waals surface area contributed by atoms with E-state index in [1.165, 1.54) is 4.90 Å². The first-order valence-corrected chi connectivity index (χ1v) is 6.70. The molecule has 4 unspecified atom stereocenters. The van der Waals surface area contributed by atoms with Crippen molar-refractivity contribution in [3.8, 4) is 0 Å². The first-order valence-electron chi connectivity index (χ1n) is 6.70. The smallest absolute Gasteiger partial charge is 0.326 e. The summed E-state index contributed by atoms with van der Waals surface area (Å²) in [5.74, 6) is -1.14. The van der Waals surface area contributed by atoms with Crippen molar-refractivity contribution in [1.82, 2.24) is 4.90 Å². The number of nitrogens with zero attached hydrogens (tertiary/aromatic N) is 1. The predicted molar refractivity (Wildman–Crippen MR) is 66.7 cm³/mol. The summed E-state index contributed by atoms with van der Waals surface area (Å²) in [5, 5.41) is 9.22. The summed E-state index contributed by atoms with van der Waals surface area (Å²) in [6.07, 6.45) is 1.59. The zero-order valence-electron chi connectivity index (χ0n) is 11.4. The van der Waals surface area contributed by atoms with Gasteiger partial charge in [-0.2, -0.15) is 0 Å². The number of ether oxygens (including phenoxy) is 2. The molecule has 0 aromatic heterocycles. The molecule has 1 amide bonds. The van der Waals surface area contributed by atoms with Gasteiger partial charge in [0.1, 0.15) is 6.04 Å². The van der Waals surface area contributed by atoms with Crippen LogP contribution in [-0.2, 0) is 19.1 Å². The molecule has 108 valence electrons. The van der Waals surface area contributed by atoms with E-state index in [9.17, 15) is 14.7 Å². The highest BCUT2D eigenvalue weighted by molar-refractivity contribution is 5.86. The molecule has 2 aliphatic rings. The van der Waals surface area contributed by atoms with Crippen LogP contribution in [0.3, 0.4) is 0 Å². The van der Waals surface area contributed by atoms with Gasteiger partial charge in [-0.15, -0.1) is 0 Å². The average Bonchev–Trinajstić information content (AvgIpc) is 2.82. The van der Waals surface area contributed by atoms with Crippen molar-refractivity contribution >= 4 is 11.9 Å². The molecule has 19 heavy (non-hydrogen) atoms. The minimum atomic E-state index is -0.951. The maximum atomic E-state index is 12.5. The number of carboxylic acid groups (broad SMARTS) is 1. The van der Waals surface area contributed by atoms with Crippen LogP contribution >= 0.6 is 0 Å². The summed E-state index contributed by atoms with van der Waals surface area (Å²) in [6, 6.07) is -0.754. The number of rotatable bonds is 3. The topological polar surface area (TPSA) is 76.1 Å². The molecule has 2 aliphatic heterocycles. The summed E-state index contributed by atoms with van der Waals surface area (Å²) in [7, 11) is 1.55. The highest BCUT2D eigenvalue weighted by Crippen LogP contribution is 2.27. The third-order valence-corrected chi connectivity index (χ3v) is 4.00. The number of carbonyl (C=O) groups is 2. The van der Waals surface area contributed by atoms with E-state index >= 15 is 0 Å². The van der Waals surface area contributed by atoms with Gasteiger partial charge >= 0.3 is 5.97 Å². The van der Waals surface area contributed by atoms with E-state index in [1.54, 1.807) is 7.11 Å². The zero-order chi connectivity index (χ0) is 14.0. The van der Waals surface area contributed by atoms with Gasteiger partial charge in [-0.1, -0.05) is 0 Å². The Hall–Kier alpha value is -1.14. The van der Waals surface area contributed by atoms with Crippen molar-refractivity contribution in [3.05, 3.63) is 0 Å². The molecule has 6 nitrogen and oxygen atoms in total. The van der Waals surface area contributed by atoms with Crippen LogP contribution in [0.5, 0.6) is 0 Å². The Balaban J connectivity index is 2.05. The lowest BCUT2D eigenvalue weighted by Crippen LogP contribution is -2.45. The fourth-order valence-corrected chi connectivity index (χ4v) is 2.90. The molecule has 4 atom stereocenters. The van der Waals surface area contributed by atoms with Crippen LogP contribution in [0, 0.1) is 5.92 Å². The minimum absolute atomic E-state index is 0.0619. The van der Waals surface area contributed by atoms with Crippen molar-refractivity contribution in [2.75, 3.05) is 20.3 Å². The maximum Gasteiger partial charge on any atom is 0.326 e. The third-order valence-electron chi connectivity index (χ3n) is 4.00. The molecule has 0 aromatic carbocycles. The molecule has 0 aliphatic carbocycles. The quantitative estimate of drug-likeness (QED) is 0.809. The summed E-state index contributed by atoms with van der Waals surface area (Å²) in [4.78, 5) is 25.2. The lowest BCUT2D eigenvalue weighted by atomic mass is 9.94. The van der Waals surface area contributed by atoms with Crippen LogP contribution in [0.1, 0.15) is 26.2 Å². The molecular weight excluding hydrogens is 250 g/mol. The molecule has 2 fully saturated rings. The number of hydrogen-bond donors (Lipinski definition) is 1. The number of aliphatic carboxylic acids is 1. The van der Waals surface area contributed by atoms with Crippen LogP contribution in [0.4, 0.5) is 0 Å². The molecule has 0 saturated carbocycles. The van der Waals surface area contributed by atoms with Gasteiger partial charge in [-0.3, -0.25) is 4.79 Å². The van der Waals surface area contributed by atoms with Gasteiger partial charge in [-0.05, 0) is 19.8 Å². The van der Waals surface area contributed by atoms with Crippen LogP contribution in [0.25, 0.3) is 0 Å². The number of carboxylic acids is 1. The van der Waals surface area contributed by atoms with Gasteiger partial charge in [-0.25, -0.2) is 4.79 Å². The first-order chi connectivity index (χ1) is 9.02. The monoisotopic (exact) mass is 271 g/mol. The number of methoxy groups -OCH3 is 1. The number of carbonyl (C=O) groups excluding carboxylic acids is 1. The van der Waals surface area contributed by atoms with Gasteiger partial charge < -0.3 is 19.5 Å². The van der Waals surface area contributed by atoms with Crippen molar-refractivity contribution in [2.24, 2.45) is 5.92 Å². The average molecular weight is 271 g/mol. The molecule has 6 heteroatoms. The Morgan fingerprint density at radius 3 is 2.68 bits per heavy atom. The fraction of sp³-hybridized carbons (Fsp3) is 0.846. The summed E-state index contributed by atoms with van der Waals surface area (Å²) < 4.78 is 10.6. The molecule has 2 heterocycles. The molecule has 1 N–H and O–H groups in total. The van der Waals surface area contributed by atoms with E-state index in [1.807, 2.05) is 6.92 Å². The molecule has 0 aromatic rings. The number of hydrogen-bond acceptors (Lipinski definition) is 4. The highest BCUT2D eigenvalue weighted by atomic mass is 16.5. The van der Waals surface area contributed by atoms with Gasteiger partial charge in [0.2, 0.25) is 5.91 Å². The van der Waals surface area contributed by atoms with E-state index in [0.29, 0.717) is 32.4 Å². The molecule has 2 rings (SSSR count). The molecule has 2 saturated heterocycles. The second kappa shape index (κ2) is 5.88. The minimum Gasteiger partial charge on any atom is -0.480 e. The van der Waals surface area contributed by atoms with E-state index in [4.69, 9.17) is 9.47 Å².